The molecule has 11 heteroatoms. The monoisotopic (exact) mass is 548 g/mol. The zero-order valence-corrected chi connectivity index (χ0v) is 22.3. The number of carbonyl (C=O) groups excluding carboxylic acids is 1. The Labute approximate surface area is 230 Å². The minimum absolute atomic E-state index is 0.152. The van der Waals surface area contributed by atoms with E-state index in [1.54, 1.807) is 19.4 Å². The fourth-order valence-corrected chi connectivity index (χ4v) is 5.30. The Kier molecular flexibility index (Phi) is 7.23. The van der Waals surface area contributed by atoms with E-state index < -0.39 is 0 Å². The van der Waals surface area contributed by atoms with Crippen molar-refractivity contribution in [2.24, 2.45) is 0 Å². The van der Waals surface area contributed by atoms with Gasteiger partial charge in [-0.1, -0.05) is 17.7 Å². The maximum atomic E-state index is 13.0. The summed E-state index contributed by atoms with van der Waals surface area (Å²) in [5, 5.41) is 6.84. The molecule has 0 unspecified atom stereocenters. The van der Waals surface area contributed by atoms with Crippen LogP contribution in [-0.2, 0) is 11.2 Å². The molecule has 2 aliphatic heterocycles. The van der Waals surface area contributed by atoms with Gasteiger partial charge in [0.2, 0.25) is 5.88 Å². The summed E-state index contributed by atoms with van der Waals surface area (Å²) in [6.07, 6.45) is 2.41. The first-order valence-corrected chi connectivity index (χ1v) is 13.3. The van der Waals surface area contributed by atoms with Gasteiger partial charge in [-0.05, 0) is 24.3 Å². The van der Waals surface area contributed by atoms with Gasteiger partial charge in [-0.15, -0.1) is 0 Å². The maximum Gasteiger partial charge on any atom is 0.255 e. The van der Waals surface area contributed by atoms with E-state index in [1.165, 1.54) is 0 Å². The molecule has 3 N–H and O–H groups in total. The van der Waals surface area contributed by atoms with Gasteiger partial charge in [0.15, 0.2) is 5.75 Å². The van der Waals surface area contributed by atoms with Crippen molar-refractivity contribution in [3.05, 3.63) is 58.9 Å². The highest BCUT2D eigenvalue weighted by Gasteiger charge is 2.28. The zero-order chi connectivity index (χ0) is 26.8. The van der Waals surface area contributed by atoms with Crippen LogP contribution >= 0.6 is 11.6 Å². The molecule has 1 fully saturated rings. The van der Waals surface area contributed by atoms with Crippen LogP contribution in [0.3, 0.4) is 0 Å². The number of rotatable bonds is 8. The molecule has 3 aromatic heterocycles. The van der Waals surface area contributed by atoms with E-state index in [1.807, 2.05) is 30.3 Å². The number of nitrogens with one attached hydrogen (secondary N) is 3. The Morgan fingerprint density at radius 3 is 2.90 bits per heavy atom. The molecule has 0 aliphatic carbocycles. The first kappa shape index (κ1) is 25.4. The van der Waals surface area contributed by atoms with Crippen LogP contribution in [-0.4, -0.2) is 78.9 Å². The van der Waals surface area contributed by atoms with Crippen molar-refractivity contribution in [3.63, 3.8) is 0 Å². The van der Waals surface area contributed by atoms with Gasteiger partial charge in [-0.3, -0.25) is 14.7 Å². The summed E-state index contributed by atoms with van der Waals surface area (Å²) in [4.78, 5) is 28.2. The number of amides is 1. The number of hydrogen-bond acceptors (Lipinski definition) is 8. The lowest BCUT2D eigenvalue weighted by atomic mass is 10.0. The number of methoxy groups -OCH3 is 1. The molecule has 39 heavy (non-hydrogen) atoms. The molecule has 0 atom stereocenters. The Balaban J connectivity index is 1.39. The second kappa shape index (κ2) is 11.1. The van der Waals surface area contributed by atoms with E-state index in [0.717, 1.165) is 55.3 Å². The summed E-state index contributed by atoms with van der Waals surface area (Å²) < 4.78 is 17.0. The number of aromatic amines is 1. The summed E-state index contributed by atoms with van der Waals surface area (Å²) in [6, 6.07) is 11.1. The SMILES string of the molecule is COc1c(Cl)cccc1Nc1c(-c2ccnc3ccc(OCCN4CCOCC4)nc23)[nH]c2c1C(=O)NCC2. The van der Waals surface area contributed by atoms with Gasteiger partial charge < -0.3 is 29.8 Å². The lowest BCUT2D eigenvalue weighted by molar-refractivity contribution is 0.0320. The second-order valence-electron chi connectivity index (χ2n) is 9.36. The largest absolute Gasteiger partial charge is 0.493 e. The summed E-state index contributed by atoms with van der Waals surface area (Å²) >= 11 is 6.39. The Bertz CT molecular complexity index is 1520. The number of fused-ring (bicyclic) bond motifs is 2. The van der Waals surface area contributed by atoms with E-state index >= 15 is 0 Å². The maximum absolute atomic E-state index is 13.0. The van der Waals surface area contributed by atoms with Crippen molar-refractivity contribution in [1.29, 1.82) is 0 Å². The molecular weight excluding hydrogens is 520 g/mol. The van der Waals surface area contributed by atoms with Gasteiger partial charge in [0.1, 0.15) is 12.1 Å². The van der Waals surface area contributed by atoms with Gasteiger partial charge >= 0.3 is 0 Å². The number of ether oxygens (including phenoxy) is 3. The van der Waals surface area contributed by atoms with Crippen LogP contribution in [0.1, 0.15) is 16.1 Å². The van der Waals surface area contributed by atoms with Crippen molar-refractivity contribution in [3.8, 4) is 22.9 Å². The molecular formula is C28H29ClN6O4. The number of pyridine rings is 2. The van der Waals surface area contributed by atoms with E-state index in [4.69, 9.17) is 30.8 Å². The van der Waals surface area contributed by atoms with E-state index in [0.29, 0.717) is 58.7 Å². The number of H-pyrrole nitrogens is 1. The summed E-state index contributed by atoms with van der Waals surface area (Å²) in [6.45, 7) is 5.19. The summed E-state index contributed by atoms with van der Waals surface area (Å²) in [5.74, 6) is 0.857. The fraction of sp³-hybridized carbons (Fsp3) is 0.321. The van der Waals surface area contributed by atoms with Crippen LogP contribution in [0.4, 0.5) is 11.4 Å². The number of para-hydroxylation sites is 1. The fourth-order valence-electron chi connectivity index (χ4n) is 5.05. The van der Waals surface area contributed by atoms with Crippen molar-refractivity contribution in [1.82, 2.24) is 25.2 Å². The van der Waals surface area contributed by atoms with Crippen LogP contribution in [0, 0.1) is 0 Å². The Morgan fingerprint density at radius 2 is 2.05 bits per heavy atom. The second-order valence-corrected chi connectivity index (χ2v) is 9.77. The molecule has 4 aromatic rings. The normalized spacial score (nSPS) is 15.6. The Hall–Kier alpha value is -3.86. The predicted molar refractivity (Wildman–Crippen MR) is 149 cm³/mol. The highest BCUT2D eigenvalue weighted by atomic mass is 35.5. The number of anilines is 2. The lowest BCUT2D eigenvalue weighted by Crippen LogP contribution is -2.38. The first-order chi connectivity index (χ1) is 19.1. The molecule has 202 valence electrons. The van der Waals surface area contributed by atoms with Gasteiger partial charge in [0.05, 0.1) is 53.5 Å². The van der Waals surface area contributed by atoms with Gasteiger partial charge in [-0.2, -0.15) is 0 Å². The standard InChI is InChI=1S/C28H29ClN6O4/c1-37-27-18(29)3-2-4-21(27)33-26-23-19(8-10-31-28(23)36)32-25(26)17-7-9-30-20-5-6-22(34-24(17)20)39-16-13-35-11-14-38-15-12-35/h2-7,9,32-33H,8,10-16H2,1H3,(H,31,36). The number of morpholine rings is 1. The third kappa shape index (κ3) is 5.10. The minimum Gasteiger partial charge on any atom is -0.493 e. The average molecular weight is 549 g/mol. The van der Waals surface area contributed by atoms with Crippen LogP contribution < -0.4 is 20.1 Å². The third-order valence-electron chi connectivity index (χ3n) is 6.98. The third-order valence-corrected chi connectivity index (χ3v) is 7.28. The highest BCUT2D eigenvalue weighted by Crippen LogP contribution is 2.42. The summed E-state index contributed by atoms with van der Waals surface area (Å²) in [5.41, 5.74) is 5.58. The molecule has 0 bridgehead atoms. The topological polar surface area (TPSA) is 114 Å². The number of aromatic nitrogens is 3. The van der Waals surface area contributed by atoms with Gasteiger partial charge in [0, 0.05) is 56.1 Å². The smallest absolute Gasteiger partial charge is 0.255 e. The number of halogens is 1. The molecule has 0 radical (unpaired) electrons. The molecule has 5 heterocycles. The van der Waals surface area contributed by atoms with E-state index in [2.05, 4.69) is 25.5 Å². The molecule has 2 aliphatic rings. The molecule has 0 spiro atoms. The predicted octanol–water partition coefficient (Wildman–Crippen LogP) is 4.03. The van der Waals surface area contributed by atoms with Crippen LogP contribution in [0.5, 0.6) is 11.6 Å². The molecule has 1 aromatic carbocycles. The van der Waals surface area contributed by atoms with Crippen molar-refractivity contribution in [2.75, 3.05) is 58.4 Å². The minimum atomic E-state index is -0.152. The van der Waals surface area contributed by atoms with E-state index in [9.17, 15) is 4.79 Å². The van der Waals surface area contributed by atoms with Crippen LogP contribution in [0.2, 0.25) is 5.02 Å². The molecule has 1 amide bonds. The zero-order valence-electron chi connectivity index (χ0n) is 21.6. The Morgan fingerprint density at radius 1 is 1.18 bits per heavy atom. The van der Waals surface area contributed by atoms with Crippen LogP contribution in [0.25, 0.3) is 22.3 Å². The highest BCUT2D eigenvalue weighted by molar-refractivity contribution is 6.32. The van der Waals surface area contributed by atoms with Gasteiger partial charge in [-0.25, -0.2) is 4.98 Å². The molecule has 10 nitrogen and oxygen atoms in total. The first-order valence-electron chi connectivity index (χ1n) is 12.9. The molecule has 0 saturated carbocycles. The van der Waals surface area contributed by atoms with Crippen molar-refractivity contribution >= 4 is 39.9 Å². The van der Waals surface area contributed by atoms with Crippen LogP contribution in [0.15, 0.2) is 42.6 Å². The average Bonchev–Trinajstić information content (AvgIpc) is 3.32. The molecule has 1 saturated heterocycles. The number of carbonyl (C=O) groups is 1. The van der Waals surface area contributed by atoms with Crippen molar-refractivity contribution < 1.29 is 19.0 Å². The number of hydrogen-bond donors (Lipinski definition) is 3. The molecule has 6 rings (SSSR count). The quantitative estimate of drug-likeness (QED) is 0.302. The number of nitrogens with zero attached hydrogens (tertiary/aromatic N) is 3. The van der Waals surface area contributed by atoms with Gasteiger partial charge in [0.25, 0.3) is 5.91 Å². The van der Waals surface area contributed by atoms with E-state index in [-0.39, 0.29) is 5.91 Å². The van der Waals surface area contributed by atoms with Crippen molar-refractivity contribution in [2.45, 2.75) is 6.42 Å². The number of benzene rings is 1. The lowest BCUT2D eigenvalue weighted by Gasteiger charge is -2.26. The summed E-state index contributed by atoms with van der Waals surface area (Å²) in [7, 11) is 1.56.